The summed E-state index contributed by atoms with van der Waals surface area (Å²) in [5, 5.41) is 0. The molecule has 0 spiro atoms. The summed E-state index contributed by atoms with van der Waals surface area (Å²) in [4.78, 5) is 7.77. The minimum atomic E-state index is -0.0821. The second-order valence-corrected chi connectivity index (χ2v) is 24.8. The van der Waals surface area contributed by atoms with E-state index in [2.05, 4.69) is 304 Å². The molecule has 0 fully saturated rings. The van der Waals surface area contributed by atoms with Gasteiger partial charge >= 0.3 is 0 Å². The molecule has 0 atom stereocenters. The van der Waals surface area contributed by atoms with Crippen LogP contribution < -0.4 is 31.1 Å². The first-order chi connectivity index (χ1) is 35.3. The van der Waals surface area contributed by atoms with Gasteiger partial charge in [0.25, 0.3) is 6.71 Å². The Morgan fingerprint density at radius 1 is 0.324 bits per heavy atom. The van der Waals surface area contributed by atoms with Crippen LogP contribution in [-0.4, -0.2) is 6.71 Å². The van der Waals surface area contributed by atoms with Crippen molar-refractivity contribution < 1.29 is 0 Å². The number of anilines is 9. The fourth-order valence-electron chi connectivity index (χ4n) is 11.3. The highest BCUT2D eigenvalue weighted by molar-refractivity contribution is 7.00. The highest BCUT2D eigenvalue weighted by Gasteiger charge is 2.45. The summed E-state index contributed by atoms with van der Waals surface area (Å²) in [5.74, 6) is 0. The van der Waals surface area contributed by atoms with Crippen LogP contribution in [0.1, 0.15) is 105 Å². The summed E-state index contributed by atoms with van der Waals surface area (Å²) in [7, 11) is 0. The molecule has 2 aliphatic heterocycles. The first-order valence-electron chi connectivity index (χ1n) is 26.6. The van der Waals surface area contributed by atoms with Gasteiger partial charge in [0, 0.05) is 45.3 Å². The summed E-state index contributed by atoms with van der Waals surface area (Å²) < 4.78 is 0. The van der Waals surface area contributed by atoms with Crippen molar-refractivity contribution in [3.8, 4) is 22.3 Å². The fourth-order valence-corrected chi connectivity index (χ4v) is 11.3. The van der Waals surface area contributed by atoms with Gasteiger partial charge in [0.15, 0.2) is 0 Å². The van der Waals surface area contributed by atoms with E-state index < -0.39 is 0 Å². The van der Waals surface area contributed by atoms with Crippen LogP contribution in [0.25, 0.3) is 22.3 Å². The van der Waals surface area contributed by atoms with Gasteiger partial charge in [0.05, 0.1) is 17.1 Å². The van der Waals surface area contributed by atoms with Gasteiger partial charge in [-0.2, -0.15) is 0 Å². The van der Waals surface area contributed by atoms with Crippen LogP contribution in [0, 0.1) is 0 Å². The molecule has 0 saturated heterocycles. The molecule has 0 bridgehead atoms. The number of rotatable bonds is 7. The van der Waals surface area contributed by atoms with Gasteiger partial charge in [-0.3, -0.25) is 0 Å². The van der Waals surface area contributed by atoms with Crippen LogP contribution in [0.4, 0.5) is 51.2 Å². The van der Waals surface area contributed by atoms with Crippen molar-refractivity contribution in [1.82, 2.24) is 0 Å². The van der Waals surface area contributed by atoms with Crippen LogP contribution in [0.2, 0.25) is 0 Å². The molecule has 11 rings (SSSR count). The van der Waals surface area contributed by atoms with E-state index in [1.165, 1.54) is 61.4 Å². The van der Waals surface area contributed by atoms with Crippen LogP contribution in [0.15, 0.2) is 206 Å². The van der Waals surface area contributed by atoms with E-state index in [9.17, 15) is 0 Å². The van der Waals surface area contributed by atoms with Gasteiger partial charge in [-0.25, -0.2) is 0 Å². The number of nitrogens with zero attached hydrogens (tertiary/aromatic N) is 3. The number of fused-ring (bicyclic) bond motifs is 4. The Balaban J connectivity index is 1.33. The van der Waals surface area contributed by atoms with Gasteiger partial charge in [-0.05, 0) is 132 Å². The second-order valence-electron chi connectivity index (χ2n) is 24.8. The minimum Gasteiger partial charge on any atom is -0.311 e. The maximum atomic E-state index is 2.61. The molecule has 9 aromatic rings. The minimum absolute atomic E-state index is 0.0483. The molecule has 2 aliphatic rings. The zero-order chi connectivity index (χ0) is 51.9. The highest BCUT2D eigenvalue weighted by Crippen LogP contribution is 2.52. The molecule has 0 saturated carbocycles. The molecule has 368 valence electrons. The lowest BCUT2D eigenvalue weighted by atomic mass is 9.33. The Bertz CT molecular complexity index is 3330. The lowest BCUT2D eigenvalue weighted by molar-refractivity contribution is 0.589. The molecule has 9 aromatic carbocycles. The van der Waals surface area contributed by atoms with Crippen molar-refractivity contribution in [3.05, 3.63) is 229 Å². The van der Waals surface area contributed by atoms with E-state index in [1.54, 1.807) is 0 Å². The van der Waals surface area contributed by atoms with E-state index in [-0.39, 0.29) is 28.4 Å². The predicted molar refractivity (Wildman–Crippen MR) is 321 cm³/mol. The number of hydrogen-bond donors (Lipinski definition) is 0. The number of benzene rings is 9. The smallest absolute Gasteiger partial charge is 0.252 e. The van der Waals surface area contributed by atoms with Crippen LogP contribution in [-0.2, 0) is 21.7 Å². The normalized spacial score (nSPS) is 13.3. The van der Waals surface area contributed by atoms with Gasteiger partial charge in [0.1, 0.15) is 0 Å². The zero-order valence-electron chi connectivity index (χ0n) is 45.5. The zero-order valence-corrected chi connectivity index (χ0v) is 45.5. The second kappa shape index (κ2) is 18.1. The summed E-state index contributed by atoms with van der Waals surface area (Å²) in [6, 6.07) is 78.1. The first-order valence-corrected chi connectivity index (χ1v) is 26.6. The van der Waals surface area contributed by atoms with Gasteiger partial charge in [-0.15, -0.1) is 0 Å². The third-order valence-corrected chi connectivity index (χ3v) is 15.4. The van der Waals surface area contributed by atoms with Crippen LogP contribution in [0.5, 0.6) is 0 Å². The fraction of sp³-hybridized carbons (Fsp3) is 0.229. The Hall–Kier alpha value is -7.56. The Morgan fingerprint density at radius 3 is 1.08 bits per heavy atom. The van der Waals surface area contributed by atoms with Crippen molar-refractivity contribution in [2.24, 2.45) is 0 Å². The molecule has 0 aromatic heterocycles. The van der Waals surface area contributed by atoms with Crippen molar-refractivity contribution in [2.75, 3.05) is 14.7 Å². The molecule has 0 aliphatic carbocycles. The van der Waals surface area contributed by atoms with Crippen molar-refractivity contribution in [3.63, 3.8) is 0 Å². The average molecular weight is 964 g/mol. The molecule has 0 unspecified atom stereocenters. The lowest BCUT2D eigenvalue weighted by Gasteiger charge is -2.46. The van der Waals surface area contributed by atoms with E-state index in [0.29, 0.717) is 0 Å². The molecule has 0 amide bonds. The monoisotopic (exact) mass is 964 g/mol. The Labute approximate surface area is 442 Å². The average Bonchev–Trinajstić information content (AvgIpc) is 3.39. The van der Waals surface area contributed by atoms with Crippen LogP contribution >= 0.6 is 0 Å². The van der Waals surface area contributed by atoms with E-state index in [0.717, 1.165) is 50.7 Å². The quantitative estimate of drug-likeness (QED) is 0.147. The van der Waals surface area contributed by atoms with E-state index >= 15 is 0 Å². The third-order valence-electron chi connectivity index (χ3n) is 15.4. The first kappa shape index (κ1) is 48.7. The number of para-hydroxylation sites is 2. The van der Waals surface area contributed by atoms with Crippen molar-refractivity contribution >= 4 is 74.3 Å². The predicted octanol–water partition coefficient (Wildman–Crippen LogP) is 17.8. The topological polar surface area (TPSA) is 9.72 Å². The molecule has 0 N–H and O–H groups in total. The number of hydrogen-bond acceptors (Lipinski definition) is 3. The van der Waals surface area contributed by atoms with Gasteiger partial charge in [-0.1, -0.05) is 229 Å². The molecule has 74 heavy (non-hydrogen) atoms. The summed E-state index contributed by atoms with van der Waals surface area (Å²) in [6.07, 6.45) is 0. The molecule has 0 radical (unpaired) electrons. The Morgan fingerprint density at radius 2 is 0.689 bits per heavy atom. The van der Waals surface area contributed by atoms with Crippen LogP contribution in [0.3, 0.4) is 0 Å². The lowest BCUT2D eigenvalue weighted by Crippen LogP contribution is -2.61. The largest absolute Gasteiger partial charge is 0.311 e. The highest BCUT2D eigenvalue weighted by atomic mass is 15.2. The molecular weight excluding hydrogens is 894 g/mol. The van der Waals surface area contributed by atoms with E-state index in [1.807, 2.05) is 0 Å². The van der Waals surface area contributed by atoms with E-state index in [4.69, 9.17) is 0 Å². The van der Waals surface area contributed by atoms with Gasteiger partial charge in [0.2, 0.25) is 0 Å². The van der Waals surface area contributed by atoms with Gasteiger partial charge < -0.3 is 14.7 Å². The standard InChI is InChI=1S/C70H70BN3/c1-67(2,3)49-29-23-31-53(41-49)72-62-43-51(69(7,8)9)37-39-58(62)71-59-40-38-52(70(10,11)12)44-63(59)73(54-32-24-30-50(42-54)68(4,5)6)65-46-55(45-64(72)66(65)71)74(60-35-21-19-33-56(60)47-25-15-13-16-26-47)61-36-22-20-34-57(61)48-27-17-14-18-28-48/h13-46H,1-12H3. The Kier molecular flexibility index (Phi) is 11.9. The van der Waals surface area contributed by atoms with Crippen molar-refractivity contribution in [2.45, 2.75) is 105 Å². The molecule has 4 heteroatoms. The third kappa shape index (κ3) is 8.72. The molecule has 3 nitrogen and oxygen atoms in total. The maximum absolute atomic E-state index is 2.61. The summed E-state index contributed by atoms with van der Waals surface area (Å²) in [5.41, 5.74) is 23.9. The molecular formula is C70H70BN3. The maximum Gasteiger partial charge on any atom is 0.252 e. The molecule has 2 heterocycles. The summed E-state index contributed by atoms with van der Waals surface area (Å²) >= 11 is 0. The van der Waals surface area contributed by atoms with Crippen molar-refractivity contribution in [1.29, 1.82) is 0 Å². The summed E-state index contributed by atoms with van der Waals surface area (Å²) in [6.45, 7) is 27.9. The SMILES string of the molecule is CC(C)(C)c1cccc(N2c3cc(C(C)(C)C)ccc3B3c4ccc(C(C)(C)C)cc4N(c4cccc(C(C)(C)C)c4)c4cc(N(c5ccccc5-c5ccccc5)c5ccccc5-c5ccccc5)cc2c43)c1.